The first kappa shape index (κ1) is 24.6. The fourth-order valence-corrected chi connectivity index (χ4v) is 4.79. The van der Waals surface area contributed by atoms with Gasteiger partial charge in [-0.25, -0.2) is 18.7 Å². The Morgan fingerprint density at radius 1 is 1.05 bits per heavy atom. The molecule has 0 radical (unpaired) electrons. The van der Waals surface area contributed by atoms with E-state index in [1.165, 1.54) is 18.2 Å². The Morgan fingerprint density at radius 2 is 1.90 bits per heavy atom. The van der Waals surface area contributed by atoms with Crippen LogP contribution in [0.2, 0.25) is 0 Å². The van der Waals surface area contributed by atoms with E-state index in [0.29, 0.717) is 59.1 Å². The molecular weight excluding hydrogens is 502 g/mol. The average Bonchev–Trinajstić information content (AvgIpc) is 3.35. The fraction of sp³-hybridized carbons (Fsp3) is 0.207. The molecule has 0 spiro atoms. The van der Waals surface area contributed by atoms with Gasteiger partial charge in [-0.05, 0) is 68.3 Å². The SMILES string of the molecule is CCOc1ccc(-c2nnc([C@H]3C[C@H](NC(=O)c4ccc5cc(F)ccc5n4)C3)n2-c2ccccc2F)nc1. The van der Waals surface area contributed by atoms with Crippen LogP contribution in [0, 0.1) is 11.6 Å². The van der Waals surface area contributed by atoms with Gasteiger partial charge >= 0.3 is 0 Å². The third-order valence-corrected chi connectivity index (χ3v) is 6.78. The molecule has 1 aliphatic rings. The lowest BCUT2D eigenvalue weighted by Crippen LogP contribution is -2.44. The second kappa shape index (κ2) is 10.2. The van der Waals surface area contributed by atoms with Gasteiger partial charge in [0.1, 0.15) is 34.6 Å². The lowest BCUT2D eigenvalue weighted by Gasteiger charge is -2.35. The highest BCUT2D eigenvalue weighted by atomic mass is 19.1. The van der Waals surface area contributed by atoms with Crippen molar-refractivity contribution in [2.24, 2.45) is 0 Å². The Morgan fingerprint density at radius 3 is 2.67 bits per heavy atom. The van der Waals surface area contributed by atoms with Crippen molar-refractivity contribution in [1.82, 2.24) is 30.0 Å². The number of nitrogens with one attached hydrogen (secondary N) is 1. The Kier molecular flexibility index (Phi) is 6.44. The Labute approximate surface area is 222 Å². The molecule has 0 atom stereocenters. The molecule has 1 aliphatic carbocycles. The maximum Gasteiger partial charge on any atom is 0.270 e. The third kappa shape index (κ3) is 4.81. The zero-order valence-corrected chi connectivity index (χ0v) is 21.0. The Hall–Kier alpha value is -4.73. The predicted molar refractivity (Wildman–Crippen MR) is 141 cm³/mol. The maximum absolute atomic E-state index is 14.9. The number of pyridine rings is 2. The minimum Gasteiger partial charge on any atom is -0.492 e. The third-order valence-electron chi connectivity index (χ3n) is 6.78. The van der Waals surface area contributed by atoms with Crippen molar-refractivity contribution >= 4 is 16.8 Å². The van der Waals surface area contributed by atoms with Crippen LogP contribution >= 0.6 is 0 Å². The molecule has 39 heavy (non-hydrogen) atoms. The van der Waals surface area contributed by atoms with Gasteiger partial charge < -0.3 is 10.1 Å². The van der Waals surface area contributed by atoms with E-state index in [-0.39, 0.29) is 29.4 Å². The summed E-state index contributed by atoms with van der Waals surface area (Å²) < 4.78 is 35.6. The largest absolute Gasteiger partial charge is 0.492 e. The summed E-state index contributed by atoms with van der Waals surface area (Å²) in [5.41, 5.74) is 1.67. The molecule has 1 fully saturated rings. The molecule has 1 N–H and O–H groups in total. The minimum absolute atomic E-state index is 0.0496. The number of carbonyl (C=O) groups excluding carboxylic acids is 1. The summed E-state index contributed by atoms with van der Waals surface area (Å²) in [6, 6.07) is 17.4. The van der Waals surface area contributed by atoms with Gasteiger partial charge in [0.15, 0.2) is 5.82 Å². The summed E-state index contributed by atoms with van der Waals surface area (Å²) in [6.45, 7) is 2.41. The number of nitrogens with zero attached hydrogens (tertiary/aromatic N) is 5. The summed E-state index contributed by atoms with van der Waals surface area (Å²) in [5.74, 6) is 0.531. The smallest absolute Gasteiger partial charge is 0.270 e. The summed E-state index contributed by atoms with van der Waals surface area (Å²) in [7, 11) is 0. The van der Waals surface area contributed by atoms with Gasteiger partial charge in [-0.2, -0.15) is 0 Å². The maximum atomic E-state index is 14.9. The zero-order chi connectivity index (χ0) is 26.9. The van der Waals surface area contributed by atoms with Crippen LogP contribution in [-0.2, 0) is 0 Å². The number of amides is 1. The second-order valence-corrected chi connectivity index (χ2v) is 9.35. The van der Waals surface area contributed by atoms with Gasteiger partial charge in [0.05, 0.1) is 24.0 Å². The molecule has 1 saturated carbocycles. The number of hydrogen-bond donors (Lipinski definition) is 1. The van der Waals surface area contributed by atoms with Crippen LogP contribution < -0.4 is 10.1 Å². The van der Waals surface area contributed by atoms with Crippen molar-refractivity contribution in [1.29, 1.82) is 0 Å². The summed E-state index contributed by atoms with van der Waals surface area (Å²) in [5, 5.41) is 12.4. The molecule has 3 heterocycles. The average molecular weight is 527 g/mol. The number of para-hydroxylation sites is 1. The topological polar surface area (TPSA) is 94.8 Å². The number of ether oxygens (including phenoxy) is 1. The van der Waals surface area contributed by atoms with Crippen LogP contribution in [-0.4, -0.2) is 43.3 Å². The molecule has 1 amide bonds. The molecule has 10 heteroatoms. The number of halogens is 2. The first-order valence-electron chi connectivity index (χ1n) is 12.7. The zero-order valence-electron chi connectivity index (χ0n) is 21.0. The van der Waals surface area contributed by atoms with Gasteiger partial charge in [-0.3, -0.25) is 9.36 Å². The quantitative estimate of drug-likeness (QED) is 0.312. The van der Waals surface area contributed by atoms with E-state index in [1.807, 2.05) is 6.92 Å². The standard InChI is InChI=1S/C29H24F2N6O2/c1-2-39-21-9-12-24(32-16-21)28-36-35-27(37(28)26-6-4-3-5-22(26)31)18-14-20(15-18)33-29(38)25-10-7-17-13-19(30)8-11-23(17)34-25/h3-13,16,18,20H,2,14-15H2,1H3,(H,33,38)/t18-,20-. The van der Waals surface area contributed by atoms with Crippen LogP contribution in [0.25, 0.3) is 28.1 Å². The van der Waals surface area contributed by atoms with Crippen LogP contribution in [0.15, 0.2) is 72.9 Å². The van der Waals surface area contributed by atoms with E-state index in [0.717, 1.165) is 0 Å². The lowest BCUT2D eigenvalue weighted by atomic mass is 9.79. The Balaban J connectivity index is 1.22. The molecule has 2 aromatic carbocycles. The van der Waals surface area contributed by atoms with Crippen LogP contribution in [0.5, 0.6) is 5.75 Å². The first-order valence-corrected chi connectivity index (χ1v) is 12.7. The molecule has 0 bridgehead atoms. The number of rotatable bonds is 7. The molecule has 3 aromatic heterocycles. The highest BCUT2D eigenvalue weighted by Crippen LogP contribution is 2.39. The molecule has 0 unspecified atom stereocenters. The van der Waals surface area contributed by atoms with Crippen LogP contribution in [0.3, 0.4) is 0 Å². The molecule has 0 aliphatic heterocycles. The normalized spacial score (nSPS) is 16.6. The number of aromatic nitrogens is 5. The van der Waals surface area contributed by atoms with Crippen molar-refractivity contribution in [3.8, 4) is 23.0 Å². The summed E-state index contributed by atoms with van der Waals surface area (Å²) in [6.07, 6.45) is 2.81. The van der Waals surface area contributed by atoms with Gasteiger partial charge in [0.25, 0.3) is 5.91 Å². The van der Waals surface area contributed by atoms with Crippen LogP contribution in [0.1, 0.15) is 42.0 Å². The monoisotopic (exact) mass is 526 g/mol. The van der Waals surface area contributed by atoms with Crippen molar-refractivity contribution in [2.45, 2.75) is 31.7 Å². The molecular formula is C29H24F2N6O2. The molecule has 8 nitrogen and oxygen atoms in total. The van der Waals surface area contributed by atoms with E-state index in [2.05, 4.69) is 25.5 Å². The van der Waals surface area contributed by atoms with Gasteiger partial charge in [0.2, 0.25) is 0 Å². The summed E-state index contributed by atoms with van der Waals surface area (Å²) >= 11 is 0. The Bertz CT molecular complexity index is 1660. The summed E-state index contributed by atoms with van der Waals surface area (Å²) in [4.78, 5) is 21.7. The molecule has 196 valence electrons. The van der Waals surface area contributed by atoms with Crippen molar-refractivity contribution in [3.63, 3.8) is 0 Å². The highest BCUT2D eigenvalue weighted by Gasteiger charge is 2.36. The van der Waals surface area contributed by atoms with Crippen molar-refractivity contribution < 1.29 is 18.3 Å². The fourth-order valence-electron chi connectivity index (χ4n) is 4.79. The van der Waals surface area contributed by atoms with Gasteiger partial charge in [-0.1, -0.05) is 18.2 Å². The van der Waals surface area contributed by atoms with Gasteiger partial charge in [0, 0.05) is 17.3 Å². The number of fused-ring (bicyclic) bond motifs is 1. The lowest BCUT2D eigenvalue weighted by molar-refractivity contribution is 0.0902. The molecule has 0 saturated heterocycles. The van der Waals surface area contributed by atoms with Gasteiger partial charge in [-0.15, -0.1) is 10.2 Å². The minimum atomic E-state index is -0.405. The van der Waals surface area contributed by atoms with E-state index in [4.69, 9.17) is 4.74 Å². The van der Waals surface area contributed by atoms with E-state index in [1.54, 1.807) is 59.3 Å². The van der Waals surface area contributed by atoms with E-state index < -0.39 is 5.82 Å². The van der Waals surface area contributed by atoms with Crippen LogP contribution in [0.4, 0.5) is 8.78 Å². The van der Waals surface area contributed by atoms with Crippen molar-refractivity contribution in [2.75, 3.05) is 6.61 Å². The molecule has 6 rings (SSSR count). The first-order chi connectivity index (χ1) is 19.0. The number of hydrogen-bond acceptors (Lipinski definition) is 6. The number of carbonyl (C=O) groups is 1. The number of benzene rings is 2. The second-order valence-electron chi connectivity index (χ2n) is 9.35. The van der Waals surface area contributed by atoms with E-state index >= 15 is 0 Å². The van der Waals surface area contributed by atoms with E-state index in [9.17, 15) is 13.6 Å². The highest BCUT2D eigenvalue weighted by molar-refractivity contribution is 5.95. The molecule has 5 aromatic rings. The van der Waals surface area contributed by atoms with Crippen molar-refractivity contribution in [3.05, 3.63) is 96.1 Å². The predicted octanol–water partition coefficient (Wildman–Crippen LogP) is 5.23.